The number of hydrogen-bond donors (Lipinski definition) is 1. The lowest BCUT2D eigenvalue weighted by atomic mass is 9.90. The van der Waals surface area contributed by atoms with E-state index in [9.17, 15) is 4.79 Å². The minimum Gasteiger partial charge on any atom is -0.385 e. The average Bonchev–Trinajstić information content (AvgIpc) is 2.34. The summed E-state index contributed by atoms with van der Waals surface area (Å²) in [6.45, 7) is 8.36. The predicted molar refractivity (Wildman–Crippen MR) is 80.5 cm³/mol. The molecule has 2 N–H and O–H groups in total. The lowest BCUT2D eigenvalue weighted by molar-refractivity contribution is 0.876. The lowest BCUT2D eigenvalue weighted by Gasteiger charge is -2.16. The van der Waals surface area contributed by atoms with Crippen LogP contribution in [0, 0.1) is 27.7 Å². The minimum atomic E-state index is -0.0760. The van der Waals surface area contributed by atoms with Gasteiger partial charge in [0, 0.05) is 13.1 Å². The molecular formula is C16H20N2O. The molecule has 19 heavy (non-hydrogen) atoms. The number of aromatic nitrogens is 1. The van der Waals surface area contributed by atoms with Gasteiger partial charge in [0.25, 0.3) is 5.56 Å². The normalized spacial score (nSPS) is 10.8. The Bertz CT molecular complexity index is 685. The van der Waals surface area contributed by atoms with Crippen LogP contribution in [0.1, 0.15) is 22.3 Å². The molecule has 1 heterocycles. The fourth-order valence-electron chi connectivity index (χ4n) is 2.45. The maximum absolute atomic E-state index is 11.9. The predicted octanol–water partition coefficient (Wildman–Crippen LogP) is 2.87. The summed E-state index contributed by atoms with van der Waals surface area (Å²) in [7, 11) is 1.68. The number of aryl methyl sites for hydroxylation is 2. The van der Waals surface area contributed by atoms with Gasteiger partial charge in [-0.25, -0.2) is 0 Å². The van der Waals surface area contributed by atoms with Crippen molar-refractivity contribution in [2.45, 2.75) is 27.7 Å². The van der Waals surface area contributed by atoms with Crippen LogP contribution in [0.15, 0.2) is 23.0 Å². The van der Waals surface area contributed by atoms with Gasteiger partial charge in [-0.15, -0.1) is 0 Å². The third-order valence-corrected chi connectivity index (χ3v) is 3.95. The Morgan fingerprint density at radius 1 is 0.947 bits per heavy atom. The Balaban J connectivity index is 2.83. The van der Waals surface area contributed by atoms with Gasteiger partial charge in [-0.3, -0.25) is 9.36 Å². The molecule has 2 aromatic rings. The van der Waals surface area contributed by atoms with E-state index in [1.54, 1.807) is 13.1 Å². The maximum atomic E-state index is 11.9. The first-order chi connectivity index (χ1) is 8.82. The summed E-state index contributed by atoms with van der Waals surface area (Å²) < 4.78 is 1.46. The SMILES string of the molecule is Cc1cc(C)c(C)c(-c2cc(N)n(C)c(=O)c2)c1C. The van der Waals surface area contributed by atoms with E-state index in [-0.39, 0.29) is 5.56 Å². The van der Waals surface area contributed by atoms with E-state index in [0.717, 1.165) is 11.1 Å². The van der Waals surface area contributed by atoms with E-state index in [1.807, 2.05) is 6.07 Å². The number of anilines is 1. The molecule has 0 saturated carbocycles. The number of nitrogen functional groups attached to an aromatic ring is 1. The summed E-state index contributed by atoms with van der Waals surface area (Å²) in [5, 5.41) is 0. The van der Waals surface area contributed by atoms with E-state index in [2.05, 4.69) is 33.8 Å². The van der Waals surface area contributed by atoms with Crippen LogP contribution in [0.3, 0.4) is 0 Å². The monoisotopic (exact) mass is 256 g/mol. The fraction of sp³-hybridized carbons (Fsp3) is 0.312. The Morgan fingerprint density at radius 2 is 1.47 bits per heavy atom. The van der Waals surface area contributed by atoms with Gasteiger partial charge < -0.3 is 5.73 Å². The number of benzene rings is 1. The third kappa shape index (κ3) is 2.16. The number of nitrogens with zero attached hydrogens (tertiary/aromatic N) is 1. The molecule has 0 amide bonds. The molecule has 0 atom stereocenters. The highest BCUT2D eigenvalue weighted by Gasteiger charge is 2.12. The van der Waals surface area contributed by atoms with Gasteiger partial charge in [0.1, 0.15) is 5.82 Å². The molecule has 0 aliphatic rings. The molecular weight excluding hydrogens is 236 g/mol. The summed E-state index contributed by atoms with van der Waals surface area (Å²) >= 11 is 0. The Morgan fingerprint density at radius 3 is 1.95 bits per heavy atom. The van der Waals surface area contributed by atoms with E-state index < -0.39 is 0 Å². The Labute approximate surface area is 113 Å². The molecule has 0 spiro atoms. The lowest BCUT2D eigenvalue weighted by Crippen LogP contribution is -2.19. The van der Waals surface area contributed by atoms with E-state index in [4.69, 9.17) is 5.73 Å². The van der Waals surface area contributed by atoms with Gasteiger partial charge in [-0.2, -0.15) is 0 Å². The maximum Gasteiger partial charge on any atom is 0.252 e. The van der Waals surface area contributed by atoms with Crippen molar-refractivity contribution in [3.05, 3.63) is 50.8 Å². The van der Waals surface area contributed by atoms with Crippen molar-refractivity contribution in [2.24, 2.45) is 7.05 Å². The molecule has 100 valence electrons. The molecule has 0 radical (unpaired) electrons. The largest absolute Gasteiger partial charge is 0.385 e. The summed E-state index contributed by atoms with van der Waals surface area (Å²) in [5.41, 5.74) is 12.7. The topological polar surface area (TPSA) is 48.0 Å². The minimum absolute atomic E-state index is 0.0760. The summed E-state index contributed by atoms with van der Waals surface area (Å²) in [4.78, 5) is 11.9. The van der Waals surface area contributed by atoms with Crippen LogP contribution in [-0.2, 0) is 7.05 Å². The molecule has 0 bridgehead atoms. The average molecular weight is 256 g/mol. The van der Waals surface area contributed by atoms with Crippen LogP contribution >= 0.6 is 0 Å². The van der Waals surface area contributed by atoms with Crippen molar-refractivity contribution in [3.63, 3.8) is 0 Å². The van der Waals surface area contributed by atoms with Gasteiger partial charge in [0.15, 0.2) is 0 Å². The molecule has 0 aliphatic carbocycles. The zero-order valence-corrected chi connectivity index (χ0v) is 12.2. The van der Waals surface area contributed by atoms with Crippen molar-refractivity contribution in [1.82, 2.24) is 4.57 Å². The third-order valence-electron chi connectivity index (χ3n) is 3.95. The van der Waals surface area contributed by atoms with Crippen molar-refractivity contribution in [3.8, 4) is 11.1 Å². The smallest absolute Gasteiger partial charge is 0.252 e. The van der Waals surface area contributed by atoms with Gasteiger partial charge in [0.05, 0.1) is 0 Å². The molecule has 3 heteroatoms. The van der Waals surface area contributed by atoms with E-state index >= 15 is 0 Å². The van der Waals surface area contributed by atoms with Crippen molar-refractivity contribution in [2.75, 3.05) is 5.73 Å². The van der Waals surface area contributed by atoms with Crippen LogP contribution in [0.4, 0.5) is 5.82 Å². The number of nitrogens with two attached hydrogens (primary N) is 1. The number of pyridine rings is 1. The van der Waals surface area contributed by atoms with E-state index in [0.29, 0.717) is 5.82 Å². The van der Waals surface area contributed by atoms with Crippen LogP contribution < -0.4 is 11.3 Å². The highest BCUT2D eigenvalue weighted by Crippen LogP contribution is 2.31. The molecule has 3 nitrogen and oxygen atoms in total. The van der Waals surface area contributed by atoms with Gasteiger partial charge >= 0.3 is 0 Å². The Hall–Kier alpha value is -2.03. The molecule has 2 rings (SSSR count). The number of hydrogen-bond acceptors (Lipinski definition) is 2. The van der Waals surface area contributed by atoms with Crippen LogP contribution in [-0.4, -0.2) is 4.57 Å². The molecule has 1 aromatic heterocycles. The molecule has 0 saturated heterocycles. The number of rotatable bonds is 1. The first-order valence-corrected chi connectivity index (χ1v) is 6.37. The summed E-state index contributed by atoms with van der Waals surface area (Å²) in [6.07, 6.45) is 0. The molecule has 1 aromatic carbocycles. The van der Waals surface area contributed by atoms with Gasteiger partial charge in [0.2, 0.25) is 0 Å². The van der Waals surface area contributed by atoms with Gasteiger partial charge in [-0.05, 0) is 67.1 Å². The van der Waals surface area contributed by atoms with Crippen LogP contribution in [0.5, 0.6) is 0 Å². The van der Waals surface area contributed by atoms with Crippen molar-refractivity contribution >= 4 is 5.82 Å². The van der Waals surface area contributed by atoms with E-state index in [1.165, 1.54) is 26.8 Å². The first-order valence-electron chi connectivity index (χ1n) is 6.37. The molecule has 0 unspecified atom stereocenters. The van der Waals surface area contributed by atoms with Crippen molar-refractivity contribution in [1.29, 1.82) is 0 Å². The first kappa shape index (κ1) is 13.4. The van der Waals surface area contributed by atoms with Crippen LogP contribution in [0.2, 0.25) is 0 Å². The van der Waals surface area contributed by atoms with Gasteiger partial charge in [-0.1, -0.05) is 6.07 Å². The highest BCUT2D eigenvalue weighted by atomic mass is 16.1. The second kappa shape index (κ2) is 4.57. The summed E-state index contributed by atoms with van der Waals surface area (Å²) in [5.74, 6) is 0.487. The standard InChI is InChI=1S/C16H20N2O/c1-9-6-10(2)12(4)16(11(9)3)13-7-14(17)18(5)15(19)8-13/h6-8H,17H2,1-5H3. The Kier molecular flexibility index (Phi) is 3.23. The quantitative estimate of drug-likeness (QED) is 0.853. The second-order valence-corrected chi connectivity index (χ2v) is 5.20. The highest BCUT2D eigenvalue weighted by molar-refractivity contribution is 5.74. The zero-order valence-electron chi connectivity index (χ0n) is 12.2. The second-order valence-electron chi connectivity index (χ2n) is 5.20. The fourth-order valence-corrected chi connectivity index (χ4v) is 2.45. The summed E-state index contributed by atoms with van der Waals surface area (Å²) in [6, 6.07) is 5.71. The molecule has 0 aliphatic heterocycles. The zero-order chi connectivity index (χ0) is 14.3. The molecule has 0 fully saturated rings. The van der Waals surface area contributed by atoms with Crippen molar-refractivity contribution < 1.29 is 0 Å². The van der Waals surface area contributed by atoms with Crippen LogP contribution in [0.25, 0.3) is 11.1 Å².